The second-order valence-electron chi connectivity index (χ2n) is 13.9. The van der Waals surface area contributed by atoms with E-state index < -0.39 is 187 Å². The molecule has 0 aliphatic carbocycles. The van der Waals surface area contributed by atoms with E-state index in [0.29, 0.717) is 0 Å². The first-order valence-electron chi connectivity index (χ1n) is 17.6. The van der Waals surface area contributed by atoms with Crippen molar-refractivity contribution in [3.63, 3.8) is 0 Å². The quantitative estimate of drug-likeness (QED) is 0.0819. The monoisotopic (exact) mass is 828 g/mol. The molecule has 0 aromatic carbocycles. The van der Waals surface area contributed by atoms with Crippen molar-refractivity contribution < 1.29 is 129 Å². The fourth-order valence-corrected chi connectivity index (χ4v) is 6.97. The van der Waals surface area contributed by atoms with Gasteiger partial charge in [0.2, 0.25) is 0 Å². The summed E-state index contributed by atoms with van der Waals surface area (Å²) in [7, 11) is 0. The number of aliphatic hydroxyl groups is 17. The van der Waals surface area contributed by atoms with Crippen LogP contribution in [0.15, 0.2) is 0 Å². The lowest BCUT2D eigenvalue weighted by Gasteiger charge is -2.51. The van der Waals surface area contributed by atoms with Crippen molar-refractivity contribution in [3.05, 3.63) is 0 Å². The van der Waals surface area contributed by atoms with Crippen molar-refractivity contribution in [2.24, 2.45) is 0 Å². The largest absolute Gasteiger partial charge is 0.394 e. The van der Waals surface area contributed by atoms with Crippen LogP contribution in [0.2, 0.25) is 0 Å². The van der Waals surface area contributed by atoms with E-state index in [0.717, 1.165) is 0 Å². The van der Waals surface area contributed by atoms with Crippen molar-refractivity contribution >= 4 is 0 Å². The molecule has 0 radical (unpaired) electrons. The highest BCUT2D eigenvalue weighted by atomic mass is 16.8. The van der Waals surface area contributed by atoms with Crippen LogP contribution in [0.5, 0.6) is 0 Å². The summed E-state index contributed by atoms with van der Waals surface area (Å²) < 4.78 is 50.6. The molecule has 0 aromatic rings. The second kappa shape index (κ2) is 19.6. The Morgan fingerprint density at radius 2 is 0.536 bits per heavy atom. The van der Waals surface area contributed by atoms with E-state index in [1.54, 1.807) is 0 Å². The predicted octanol–water partition coefficient (Wildman–Crippen LogP) is -11.9. The van der Waals surface area contributed by atoms with E-state index in [4.69, 9.17) is 42.6 Å². The highest BCUT2D eigenvalue weighted by molar-refractivity contribution is 4.99. The fourth-order valence-electron chi connectivity index (χ4n) is 6.97. The summed E-state index contributed by atoms with van der Waals surface area (Å²) in [4.78, 5) is 0. The molecule has 0 spiro atoms. The number of hydrogen-bond acceptors (Lipinski definition) is 26. The van der Waals surface area contributed by atoms with E-state index in [1.807, 2.05) is 0 Å². The zero-order valence-corrected chi connectivity index (χ0v) is 29.2. The van der Waals surface area contributed by atoms with Gasteiger partial charge in [-0.05, 0) is 0 Å². The van der Waals surface area contributed by atoms with E-state index in [2.05, 4.69) is 0 Å². The number of ether oxygens (including phenoxy) is 9. The fraction of sp³-hybridized carbons (Fsp3) is 1.00. The maximum atomic E-state index is 11.4. The first-order chi connectivity index (χ1) is 26.5. The summed E-state index contributed by atoms with van der Waals surface area (Å²) in [5, 5.41) is 177. The molecule has 328 valence electrons. The van der Waals surface area contributed by atoms with Crippen LogP contribution in [-0.2, 0) is 42.6 Å². The van der Waals surface area contributed by atoms with E-state index in [1.165, 1.54) is 0 Å². The van der Waals surface area contributed by atoms with Gasteiger partial charge in [-0.3, -0.25) is 0 Å². The molecule has 5 aliphatic heterocycles. The van der Waals surface area contributed by atoms with Gasteiger partial charge in [-0.1, -0.05) is 0 Å². The molecule has 56 heavy (non-hydrogen) atoms. The van der Waals surface area contributed by atoms with Gasteiger partial charge in [0, 0.05) is 0 Å². The molecule has 25 atom stereocenters. The highest BCUT2D eigenvalue weighted by Crippen LogP contribution is 2.37. The van der Waals surface area contributed by atoms with Gasteiger partial charge in [0.15, 0.2) is 31.5 Å². The Morgan fingerprint density at radius 3 is 0.911 bits per heavy atom. The summed E-state index contributed by atoms with van der Waals surface area (Å²) in [5.74, 6) is 0. The van der Waals surface area contributed by atoms with Crippen LogP contribution in [0.1, 0.15) is 0 Å². The molecule has 26 nitrogen and oxygen atoms in total. The maximum absolute atomic E-state index is 11.4. The van der Waals surface area contributed by atoms with Crippen LogP contribution in [0.4, 0.5) is 0 Å². The third-order valence-corrected chi connectivity index (χ3v) is 10.3. The Kier molecular flexibility index (Phi) is 16.1. The van der Waals surface area contributed by atoms with Crippen LogP contribution in [-0.4, -0.2) is 273 Å². The predicted molar refractivity (Wildman–Crippen MR) is 167 cm³/mol. The molecule has 0 bridgehead atoms. The SMILES string of the molecule is OC[C@H]1O[C@H](O[C@@H]2[C@@H](O[C@H]3O[C@H](CO)[C@@H](O)[C@H](O[C@H]4O[C@H](CO)[C@@H](O)[C@H](O)[C@H]4O)[C@H]3O[C@H]3O[C@H](CO)[C@@H](O)[C@H](O)[C@H]3O)[C@H](O)[C@@H](CO)O[C@@H]2O)[C@H](O)[C@@H](O)[C@@H]1O. The number of aliphatic hydroxyl groups excluding tert-OH is 17. The molecule has 0 unspecified atom stereocenters. The summed E-state index contributed by atoms with van der Waals surface area (Å²) in [6.07, 6.45) is -48.6. The van der Waals surface area contributed by atoms with Gasteiger partial charge in [0.25, 0.3) is 0 Å². The lowest BCUT2D eigenvalue weighted by Crippen LogP contribution is -2.69. The first-order valence-corrected chi connectivity index (χ1v) is 17.6. The minimum Gasteiger partial charge on any atom is -0.394 e. The smallest absolute Gasteiger partial charge is 0.187 e. The molecule has 5 rings (SSSR count). The second-order valence-corrected chi connectivity index (χ2v) is 13.9. The Bertz CT molecular complexity index is 1200. The van der Waals surface area contributed by atoms with Gasteiger partial charge in [0.05, 0.1) is 33.0 Å². The Hall–Kier alpha value is -1.04. The van der Waals surface area contributed by atoms with Gasteiger partial charge in [0.1, 0.15) is 122 Å². The molecule has 5 fully saturated rings. The summed E-state index contributed by atoms with van der Waals surface area (Å²) in [5.41, 5.74) is 0. The zero-order valence-electron chi connectivity index (χ0n) is 29.2. The zero-order chi connectivity index (χ0) is 41.3. The molecule has 17 N–H and O–H groups in total. The van der Waals surface area contributed by atoms with Crippen LogP contribution < -0.4 is 0 Å². The maximum Gasteiger partial charge on any atom is 0.187 e. The average Bonchev–Trinajstić information content (AvgIpc) is 3.19. The third kappa shape index (κ3) is 9.16. The summed E-state index contributed by atoms with van der Waals surface area (Å²) in [6.45, 7) is -4.75. The minimum atomic E-state index is -2.18. The van der Waals surface area contributed by atoms with Gasteiger partial charge in [-0.15, -0.1) is 0 Å². The van der Waals surface area contributed by atoms with E-state index in [-0.39, 0.29) is 0 Å². The van der Waals surface area contributed by atoms with Gasteiger partial charge in [-0.25, -0.2) is 0 Å². The molecular weight excluding hydrogens is 776 g/mol. The van der Waals surface area contributed by atoms with Crippen LogP contribution in [0, 0.1) is 0 Å². The molecular formula is C30H52O26. The van der Waals surface area contributed by atoms with Crippen LogP contribution in [0.3, 0.4) is 0 Å². The Morgan fingerprint density at radius 1 is 0.268 bits per heavy atom. The lowest BCUT2D eigenvalue weighted by atomic mass is 9.95. The summed E-state index contributed by atoms with van der Waals surface area (Å²) in [6, 6.07) is 0. The molecule has 0 saturated carbocycles. The van der Waals surface area contributed by atoms with Crippen LogP contribution >= 0.6 is 0 Å². The topological polar surface area (TPSA) is 427 Å². The average molecular weight is 829 g/mol. The molecule has 5 aliphatic rings. The first kappa shape index (κ1) is 46.0. The summed E-state index contributed by atoms with van der Waals surface area (Å²) >= 11 is 0. The molecule has 0 amide bonds. The van der Waals surface area contributed by atoms with Gasteiger partial charge in [-0.2, -0.15) is 0 Å². The van der Waals surface area contributed by atoms with E-state index in [9.17, 15) is 86.8 Å². The van der Waals surface area contributed by atoms with Crippen molar-refractivity contribution in [1.29, 1.82) is 0 Å². The molecule has 5 saturated heterocycles. The van der Waals surface area contributed by atoms with Crippen molar-refractivity contribution in [1.82, 2.24) is 0 Å². The minimum absolute atomic E-state index is 0.892. The van der Waals surface area contributed by atoms with Crippen molar-refractivity contribution in [2.45, 2.75) is 154 Å². The van der Waals surface area contributed by atoms with Crippen molar-refractivity contribution in [2.75, 3.05) is 33.0 Å². The number of rotatable bonds is 13. The van der Waals surface area contributed by atoms with E-state index >= 15 is 0 Å². The Balaban J connectivity index is 1.52. The van der Waals surface area contributed by atoms with Crippen molar-refractivity contribution in [3.8, 4) is 0 Å². The van der Waals surface area contributed by atoms with Gasteiger partial charge >= 0.3 is 0 Å². The normalized spacial score (nSPS) is 53.2. The molecule has 26 heteroatoms. The van der Waals surface area contributed by atoms with Crippen LogP contribution in [0.25, 0.3) is 0 Å². The number of hydrogen-bond donors (Lipinski definition) is 17. The molecule has 5 heterocycles. The Labute approximate surface area is 316 Å². The molecule has 0 aromatic heterocycles. The van der Waals surface area contributed by atoms with Gasteiger partial charge < -0.3 is 129 Å². The third-order valence-electron chi connectivity index (χ3n) is 10.3. The highest BCUT2D eigenvalue weighted by Gasteiger charge is 2.58. The lowest BCUT2D eigenvalue weighted by molar-refractivity contribution is -0.413. The standard InChI is InChI=1S/C30H52O26/c31-1-6-11(36)16(41)19(44)27(49-6)53-23-15(40)10(5-35)52-30(25(23)56-29-21(46)18(43)13(38)8(3-33)51-29)54-22-14(39)9(4-34)48-26(47)24(22)55-28-20(45)17(42)12(37)7(2-32)50-28/h6-47H,1-5H2/t6-,7-,8-,9-,10-,11-,12-,13-,14-,15-,16+,17+,18+,19-,20-,21-,22+,23+,24-,25-,26+,27-,28-,29-,30-/m1/s1.